The molecule has 3 aliphatic heterocycles. The summed E-state index contributed by atoms with van der Waals surface area (Å²) in [6.07, 6.45) is 3.80. The number of hydrogen-bond acceptors (Lipinski definition) is 16. The quantitative estimate of drug-likeness (QED) is 0.0249. The summed E-state index contributed by atoms with van der Waals surface area (Å²) in [7, 11) is 0. The number of β-lactam (4-membered cyclic amide) rings is 1. The molecule has 0 aliphatic carbocycles. The first-order valence-corrected chi connectivity index (χ1v) is 22.4. The number of thiazole rings is 1. The Hall–Kier alpha value is -7.24. The van der Waals surface area contributed by atoms with Gasteiger partial charge in [-0.1, -0.05) is 30.0 Å². The molecule has 23 heteroatoms. The van der Waals surface area contributed by atoms with E-state index in [0.29, 0.717) is 27.1 Å². The summed E-state index contributed by atoms with van der Waals surface area (Å²) in [4.78, 5) is 90.8. The number of nitrogens with zero attached hydrogens (tertiary/aromatic N) is 7. The molecule has 3 aromatic carbocycles. The van der Waals surface area contributed by atoms with E-state index in [1.165, 1.54) is 113 Å². The minimum Gasteiger partial charge on any atom is -0.459 e. The number of carbonyl (C=O) groups is 4. The highest BCUT2D eigenvalue weighted by molar-refractivity contribution is 7.98. The van der Waals surface area contributed by atoms with E-state index in [1.807, 2.05) is 34.7 Å². The van der Waals surface area contributed by atoms with Crippen molar-refractivity contribution in [2.45, 2.75) is 69.3 Å². The van der Waals surface area contributed by atoms with Crippen molar-refractivity contribution in [1.82, 2.24) is 14.2 Å². The Bertz CT molecular complexity index is 2730. The second kappa shape index (κ2) is 18.3. The number of hydrogen-bond donors (Lipinski definition) is 1. The van der Waals surface area contributed by atoms with Crippen LogP contribution in [-0.2, 0) is 48.4 Å². The molecule has 2 fully saturated rings. The van der Waals surface area contributed by atoms with Crippen LogP contribution in [0, 0.1) is 42.2 Å². The minimum absolute atomic E-state index is 0.0196. The first-order valence-electron chi connectivity index (χ1n) is 20.4. The number of esters is 2. The van der Waals surface area contributed by atoms with Crippen molar-refractivity contribution in [2.24, 2.45) is 11.8 Å². The first kappa shape index (κ1) is 45.3. The molecule has 66 heavy (non-hydrogen) atoms. The van der Waals surface area contributed by atoms with Crippen molar-refractivity contribution >= 4 is 74.5 Å². The molecule has 5 heterocycles. The van der Waals surface area contributed by atoms with Gasteiger partial charge in [0.25, 0.3) is 23.4 Å². The van der Waals surface area contributed by atoms with Gasteiger partial charge in [0.05, 0.1) is 44.3 Å². The highest BCUT2D eigenvalue weighted by Crippen LogP contribution is 2.52. The van der Waals surface area contributed by atoms with Crippen LogP contribution in [0.2, 0.25) is 0 Å². The van der Waals surface area contributed by atoms with E-state index >= 15 is 0 Å². The molecule has 5 aromatic rings. The second-order valence-corrected chi connectivity index (χ2v) is 17.7. The molecular weight excluding hydrogens is 903 g/mol. The maximum atomic E-state index is 14.0. The molecule has 6 atom stereocenters. The van der Waals surface area contributed by atoms with Crippen molar-refractivity contribution in [3.8, 4) is 0 Å². The number of nitro groups is 3. The van der Waals surface area contributed by atoms with Crippen LogP contribution in [0.25, 0.3) is 10.4 Å². The smallest absolute Gasteiger partial charge is 0.411 e. The number of non-ortho nitro benzene ring substituents is 3. The van der Waals surface area contributed by atoms with Crippen LogP contribution in [0.4, 0.5) is 21.9 Å². The molecule has 0 saturated carbocycles. The Morgan fingerprint density at radius 2 is 1.36 bits per heavy atom. The largest absolute Gasteiger partial charge is 0.459 e. The topological polar surface area (TPSA) is 260 Å². The molecule has 8 rings (SSSR count). The van der Waals surface area contributed by atoms with E-state index in [2.05, 4.69) is 0 Å². The van der Waals surface area contributed by atoms with Gasteiger partial charge in [-0.25, -0.2) is 19.0 Å². The Morgan fingerprint density at radius 1 is 0.848 bits per heavy atom. The molecule has 0 unspecified atom stereocenters. The number of imidazole rings is 1. The molecule has 2 aromatic heterocycles. The molecule has 342 valence electrons. The molecule has 2 amide bonds. The Balaban J connectivity index is 1.07. The Kier molecular flexibility index (Phi) is 12.6. The number of carbonyl (C=O) groups excluding carboxylic acids is 4. The number of aliphatic hydroxyl groups excluding tert-OH is 1. The first-order chi connectivity index (χ1) is 31.6. The molecule has 1 N–H and O–H groups in total. The van der Waals surface area contributed by atoms with Crippen LogP contribution in [0.5, 0.6) is 0 Å². The van der Waals surface area contributed by atoms with Gasteiger partial charge < -0.3 is 24.2 Å². The number of ether oxygens (including phenoxy) is 3. The van der Waals surface area contributed by atoms with Crippen molar-refractivity contribution < 1.29 is 57.8 Å². The fraction of sp³-hybridized carbons (Fsp3) is 0.326. The maximum Gasteiger partial charge on any atom is 0.411 e. The van der Waals surface area contributed by atoms with Crippen LogP contribution in [0.3, 0.4) is 0 Å². The lowest BCUT2D eigenvalue weighted by Gasteiger charge is -2.46. The third kappa shape index (κ3) is 8.54. The van der Waals surface area contributed by atoms with Crippen LogP contribution < -0.4 is 4.57 Å². The van der Waals surface area contributed by atoms with Gasteiger partial charge in [-0.05, 0) is 66.3 Å². The van der Waals surface area contributed by atoms with Gasteiger partial charge in [-0.15, -0.1) is 0 Å². The number of amides is 2. The van der Waals surface area contributed by atoms with Gasteiger partial charge >= 0.3 is 18.0 Å². The van der Waals surface area contributed by atoms with Gasteiger partial charge in [-0.2, -0.15) is 4.40 Å². The molecule has 21 nitrogen and oxygen atoms in total. The van der Waals surface area contributed by atoms with Crippen molar-refractivity contribution in [2.75, 3.05) is 12.8 Å². The van der Waals surface area contributed by atoms with Gasteiger partial charge in [0.15, 0.2) is 0 Å². The number of benzene rings is 3. The standard InChI is InChI=1S/C43H40N7O14S2/c1-23-34(37(47-36(23)35(24(2)51)38(47)52)42(54)63-20-26-6-12-29(13-7-26)49(58)59)33-18-44-22-46(40(65-3)39(44)66-33)31-16-32(41(53)62-19-25-4-10-28(11-5-25)48(56)57)45(17-31)43(55)64-21-27-8-14-30(15-9-27)50(60)61/h4-15,18,22-24,31-32,35-36,51H,16-17,19-21H2,1-3H3/q+1/t23-,24+,31-,32-,35+,36+/m0/s1. The lowest BCUT2D eigenvalue weighted by Crippen LogP contribution is -2.63. The number of aliphatic hydroxyl groups is 1. The Labute approximate surface area is 382 Å². The number of likely N-dealkylation sites (tertiary alicyclic amines) is 1. The zero-order valence-electron chi connectivity index (χ0n) is 35.3. The number of thioether (sulfide) groups is 1. The lowest BCUT2D eigenvalue weighted by atomic mass is 9.77. The number of nitro benzene ring substituents is 3. The Morgan fingerprint density at radius 3 is 1.86 bits per heavy atom. The average Bonchev–Trinajstić information content (AvgIpc) is 4.06. The highest BCUT2D eigenvalue weighted by Gasteiger charge is 2.60. The SMILES string of the molecule is CSc1c2sc(C3=C(C(=O)OCc4ccc([N+](=O)[O-])cc4)N4C(=O)[C@H]([C@@H](C)O)[C@H]4[C@H]3C)cn2c[n+]1[C@H]1C[C@@H](C(=O)OCc2ccc([N+](=O)[O-])cc2)N(C(=O)OCc2ccc([N+](=O)[O-])cc2)C1. The van der Waals surface area contributed by atoms with Crippen molar-refractivity contribution in [3.63, 3.8) is 0 Å². The predicted molar refractivity (Wildman–Crippen MR) is 232 cm³/mol. The van der Waals surface area contributed by atoms with Crippen molar-refractivity contribution in [3.05, 3.63) is 143 Å². The number of aromatic nitrogens is 2. The van der Waals surface area contributed by atoms with Crippen LogP contribution in [-0.4, -0.2) is 89.0 Å². The van der Waals surface area contributed by atoms with E-state index < -0.39 is 74.8 Å². The second-order valence-electron chi connectivity index (χ2n) is 15.9. The normalized spacial score (nSPS) is 20.5. The zero-order chi connectivity index (χ0) is 47.1. The van der Waals surface area contributed by atoms with Gasteiger partial charge in [0, 0.05) is 54.3 Å². The van der Waals surface area contributed by atoms with Gasteiger partial charge in [0.2, 0.25) is 15.8 Å². The third-order valence-corrected chi connectivity index (χ3v) is 14.0. The molecule has 3 aliphatic rings. The fourth-order valence-corrected chi connectivity index (χ4v) is 10.9. The van der Waals surface area contributed by atoms with E-state index in [9.17, 15) is 54.6 Å². The van der Waals surface area contributed by atoms with Crippen LogP contribution >= 0.6 is 23.1 Å². The lowest BCUT2D eigenvalue weighted by molar-refractivity contribution is -0.751. The summed E-state index contributed by atoms with van der Waals surface area (Å²) >= 11 is 2.76. The predicted octanol–water partition coefficient (Wildman–Crippen LogP) is 5.74. The molecule has 0 bridgehead atoms. The molecule has 2 saturated heterocycles. The zero-order valence-corrected chi connectivity index (χ0v) is 36.9. The van der Waals surface area contributed by atoms with E-state index in [0.717, 1.165) is 9.86 Å². The minimum atomic E-state index is -1.11. The molecular formula is C43H40N7O14S2+. The highest BCUT2D eigenvalue weighted by atomic mass is 32.2. The molecule has 0 spiro atoms. The third-order valence-electron chi connectivity index (χ3n) is 11.9. The van der Waals surface area contributed by atoms with Crippen LogP contribution in [0.1, 0.15) is 47.9 Å². The fourth-order valence-electron chi connectivity index (χ4n) is 8.64. The van der Waals surface area contributed by atoms with E-state index in [4.69, 9.17) is 14.2 Å². The summed E-state index contributed by atoms with van der Waals surface area (Å²) < 4.78 is 20.8. The van der Waals surface area contributed by atoms with Gasteiger partial charge in [-0.3, -0.25) is 40.0 Å². The summed E-state index contributed by atoms with van der Waals surface area (Å²) in [5.41, 5.74) is 1.67. The summed E-state index contributed by atoms with van der Waals surface area (Å²) in [6, 6.07) is 14.4. The number of fused-ring (bicyclic) bond motifs is 2. The van der Waals surface area contributed by atoms with Gasteiger partial charge in [0.1, 0.15) is 43.8 Å². The maximum absolute atomic E-state index is 14.0. The van der Waals surface area contributed by atoms with E-state index in [1.54, 1.807) is 0 Å². The van der Waals surface area contributed by atoms with Crippen LogP contribution in [0.15, 0.2) is 96.0 Å². The van der Waals surface area contributed by atoms with Crippen molar-refractivity contribution in [1.29, 1.82) is 0 Å². The van der Waals surface area contributed by atoms with E-state index in [-0.39, 0.29) is 55.5 Å². The average molecular weight is 943 g/mol. The summed E-state index contributed by atoms with van der Waals surface area (Å²) in [5, 5.41) is 44.7. The summed E-state index contributed by atoms with van der Waals surface area (Å²) in [6.45, 7) is 2.75. The monoisotopic (exact) mass is 942 g/mol. The number of rotatable bonds is 15. The summed E-state index contributed by atoms with van der Waals surface area (Å²) in [5.74, 6) is -3.06. The molecule has 0 radical (unpaired) electrons.